The minimum Gasteiger partial charge on any atom is -0.373 e. The second kappa shape index (κ2) is 10.8. The SMILES string of the molecule is CN=C(NCC1CCOC1c1ccccc1)NC1CCN(C(C)c2ccccc2)CC1. The van der Waals surface area contributed by atoms with Crippen molar-refractivity contribution in [2.24, 2.45) is 10.9 Å². The minimum absolute atomic E-state index is 0.175. The largest absolute Gasteiger partial charge is 0.373 e. The summed E-state index contributed by atoms with van der Waals surface area (Å²) in [6.07, 6.45) is 3.53. The molecule has 0 amide bonds. The van der Waals surface area contributed by atoms with Crippen LogP contribution in [0, 0.1) is 5.92 Å². The quantitative estimate of drug-likeness (QED) is 0.544. The average Bonchev–Trinajstić information content (AvgIpc) is 3.31. The smallest absolute Gasteiger partial charge is 0.191 e. The molecule has 4 rings (SSSR count). The summed E-state index contributed by atoms with van der Waals surface area (Å²) in [7, 11) is 1.86. The maximum atomic E-state index is 6.03. The summed E-state index contributed by atoms with van der Waals surface area (Å²) in [5, 5.41) is 7.22. The molecule has 3 atom stereocenters. The van der Waals surface area contributed by atoms with Gasteiger partial charge in [-0.1, -0.05) is 60.7 Å². The second-order valence-electron chi connectivity index (χ2n) is 8.75. The molecule has 2 aliphatic heterocycles. The standard InChI is InChI=1S/C26H36N4O/c1-20(21-9-5-3-6-10-21)30-16-13-24(14-17-30)29-26(27-2)28-19-23-15-18-31-25(23)22-11-7-4-8-12-22/h3-12,20,23-25H,13-19H2,1-2H3,(H2,27,28,29). The lowest BCUT2D eigenvalue weighted by Crippen LogP contribution is -2.49. The van der Waals surface area contributed by atoms with Crippen LogP contribution in [0.1, 0.15) is 49.5 Å². The van der Waals surface area contributed by atoms with Crippen molar-refractivity contribution in [1.29, 1.82) is 0 Å². The molecular weight excluding hydrogens is 384 g/mol. The van der Waals surface area contributed by atoms with Gasteiger partial charge in [0.05, 0.1) is 6.10 Å². The van der Waals surface area contributed by atoms with Crippen molar-refractivity contribution in [3.63, 3.8) is 0 Å². The van der Waals surface area contributed by atoms with E-state index in [-0.39, 0.29) is 6.10 Å². The number of ether oxygens (including phenoxy) is 1. The van der Waals surface area contributed by atoms with Gasteiger partial charge in [0.1, 0.15) is 0 Å². The van der Waals surface area contributed by atoms with Crippen LogP contribution in [-0.4, -0.2) is 50.2 Å². The van der Waals surface area contributed by atoms with Gasteiger partial charge in [-0.15, -0.1) is 0 Å². The topological polar surface area (TPSA) is 48.9 Å². The molecule has 2 fully saturated rings. The third kappa shape index (κ3) is 5.66. The summed E-state index contributed by atoms with van der Waals surface area (Å²) in [6.45, 7) is 6.24. The summed E-state index contributed by atoms with van der Waals surface area (Å²) >= 11 is 0. The van der Waals surface area contributed by atoms with Crippen LogP contribution in [-0.2, 0) is 4.74 Å². The molecule has 3 unspecified atom stereocenters. The summed E-state index contributed by atoms with van der Waals surface area (Å²) in [4.78, 5) is 7.07. The van der Waals surface area contributed by atoms with Gasteiger partial charge in [0.2, 0.25) is 0 Å². The van der Waals surface area contributed by atoms with E-state index in [4.69, 9.17) is 4.74 Å². The van der Waals surface area contributed by atoms with Gasteiger partial charge in [0, 0.05) is 51.3 Å². The zero-order valence-electron chi connectivity index (χ0n) is 18.8. The van der Waals surface area contributed by atoms with Crippen molar-refractivity contribution in [2.75, 3.05) is 33.3 Å². The Morgan fingerprint density at radius 2 is 1.71 bits per heavy atom. The van der Waals surface area contributed by atoms with Gasteiger partial charge >= 0.3 is 0 Å². The van der Waals surface area contributed by atoms with Gasteiger partial charge in [-0.05, 0) is 37.3 Å². The maximum Gasteiger partial charge on any atom is 0.191 e. The van der Waals surface area contributed by atoms with Crippen LogP contribution in [0.25, 0.3) is 0 Å². The van der Waals surface area contributed by atoms with Crippen LogP contribution < -0.4 is 10.6 Å². The Bertz CT molecular complexity index is 818. The van der Waals surface area contributed by atoms with E-state index in [0.717, 1.165) is 51.5 Å². The molecule has 2 saturated heterocycles. The first-order chi connectivity index (χ1) is 15.2. The monoisotopic (exact) mass is 420 g/mol. The van der Waals surface area contributed by atoms with Gasteiger partial charge < -0.3 is 15.4 Å². The third-order valence-electron chi connectivity index (χ3n) is 6.80. The van der Waals surface area contributed by atoms with Gasteiger partial charge in [-0.3, -0.25) is 9.89 Å². The van der Waals surface area contributed by atoms with Crippen molar-refractivity contribution in [3.8, 4) is 0 Å². The fourth-order valence-corrected chi connectivity index (χ4v) is 4.84. The molecule has 5 nitrogen and oxygen atoms in total. The van der Waals surface area contributed by atoms with E-state index >= 15 is 0 Å². The van der Waals surface area contributed by atoms with Crippen LogP contribution in [0.15, 0.2) is 65.7 Å². The van der Waals surface area contributed by atoms with Gasteiger partial charge in [-0.2, -0.15) is 0 Å². The fourth-order valence-electron chi connectivity index (χ4n) is 4.84. The predicted molar refractivity (Wildman–Crippen MR) is 127 cm³/mol. The number of hydrogen-bond acceptors (Lipinski definition) is 3. The lowest BCUT2D eigenvalue weighted by Gasteiger charge is -2.37. The molecule has 0 saturated carbocycles. The van der Waals surface area contributed by atoms with Crippen molar-refractivity contribution < 1.29 is 4.74 Å². The third-order valence-corrected chi connectivity index (χ3v) is 6.80. The van der Waals surface area contributed by atoms with E-state index in [1.54, 1.807) is 0 Å². The van der Waals surface area contributed by atoms with E-state index < -0.39 is 0 Å². The summed E-state index contributed by atoms with van der Waals surface area (Å²) in [6, 6.07) is 22.3. The highest BCUT2D eigenvalue weighted by atomic mass is 16.5. The molecule has 0 bridgehead atoms. The molecule has 31 heavy (non-hydrogen) atoms. The molecular formula is C26H36N4O. The predicted octanol–water partition coefficient (Wildman–Crippen LogP) is 4.15. The van der Waals surface area contributed by atoms with Crippen LogP contribution in [0.5, 0.6) is 0 Å². The van der Waals surface area contributed by atoms with Crippen molar-refractivity contribution >= 4 is 5.96 Å². The van der Waals surface area contributed by atoms with Crippen LogP contribution in [0.2, 0.25) is 0 Å². The summed E-state index contributed by atoms with van der Waals surface area (Å²) in [5.41, 5.74) is 2.67. The number of piperidine rings is 1. The van der Waals surface area contributed by atoms with Crippen molar-refractivity contribution in [3.05, 3.63) is 71.8 Å². The van der Waals surface area contributed by atoms with Crippen LogP contribution >= 0.6 is 0 Å². The molecule has 2 aromatic rings. The maximum absolute atomic E-state index is 6.03. The number of likely N-dealkylation sites (tertiary alicyclic amines) is 1. The molecule has 5 heteroatoms. The number of benzene rings is 2. The van der Waals surface area contributed by atoms with Gasteiger partial charge in [0.15, 0.2) is 5.96 Å². The normalized spacial score (nSPS) is 24.1. The lowest BCUT2D eigenvalue weighted by molar-refractivity contribution is 0.0914. The van der Waals surface area contributed by atoms with Gasteiger partial charge in [-0.25, -0.2) is 0 Å². The highest BCUT2D eigenvalue weighted by molar-refractivity contribution is 5.80. The average molecular weight is 421 g/mol. The Kier molecular flexibility index (Phi) is 7.60. The van der Waals surface area contributed by atoms with Gasteiger partial charge in [0.25, 0.3) is 0 Å². The molecule has 0 aliphatic carbocycles. The molecule has 2 heterocycles. The molecule has 2 N–H and O–H groups in total. The fraction of sp³-hybridized carbons (Fsp3) is 0.500. The number of nitrogens with zero attached hydrogens (tertiary/aromatic N) is 2. The molecule has 2 aliphatic rings. The van der Waals surface area contributed by atoms with Crippen molar-refractivity contribution in [2.45, 2.75) is 44.4 Å². The van der Waals surface area contributed by atoms with E-state index in [1.165, 1.54) is 11.1 Å². The van der Waals surface area contributed by atoms with E-state index in [9.17, 15) is 0 Å². The first kappa shape index (κ1) is 21.8. The molecule has 0 radical (unpaired) electrons. The van der Waals surface area contributed by atoms with E-state index in [0.29, 0.717) is 18.0 Å². The zero-order chi connectivity index (χ0) is 21.5. The van der Waals surface area contributed by atoms with Crippen LogP contribution in [0.3, 0.4) is 0 Å². The zero-order valence-corrected chi connectivity index (χ0v) is 18.8. The summed E-state index contributed by atoms with van der Waals surface area (Å²) < 4.78 is 6.03. The highest BCUT2D eigenvalue weighted by Gasteiger charge is 2.30. The number of hydrogen-bond donors (Lipinski definition) is 2. The molecule has 166 valence electrons. The Balaban J connectivity index is 1.24. The first-order valence-corrected chi connectivity index (χ1v) is 11.7. The molecule has 2 aromatic carbocycles. The first-order valence-electron chi connectivity index (χ1n) is 11.7. The Morgan fingerprint density at radius 3 is 2.39 bits per heavy atom. The van der Waals surface area contributed by atoms with Crippen LogP contribution in [0.4, 0.5) is 0 Å². The van der Waals surface area contributed by atoms with E-state index in [1.807, 2.05) is 7.05 Å². The highest BCUT2D eigenvalue weighted by Crippen LogP contribution is 2.33. The second-order valence-corrected chi connectivity index (χ2v) is 8.75. The van der Waals surface area contributed by atoms with Crippen molar-refractivity contribution in [1.82, 2.24) is 15.5 Å². The Morgan fingerprint density at radius 1 is 1.03 bits per heavy atom. The number of aliphatic imine (C=N–C) groups is 1. The summed E-state index contributed by atoms with van der Waals surface area (Å²) in [5.74, 6) is 1.38. The Hall–Kier alpha value is -2.37. The molecule has 0 spiro atoms. The number of rotatable bonds is 6. The number of nitrogens with one attached hydrogen (secondary N) is 2. The minimum atomic E-state index is 0.175. The van der Waals surface area contributed by atoms with E-state index in [2.05, 4.69) is 88.1 Å². The lowest BCUT2D eigenvalue weighted by atomic mass is 9.95. The molecule has 0 aromatic heterocycles. The number of guanidine groups is 1. The Labute approximate surface area is 186 Å².